The Kier molecular flexibility index (Phi) is 5.27. The van der Waals surface area contributed by atoms with Crippen molar-refractivity contribution in [2.75, 3.05) is 19.8 Å². The topological polar surface area (TPSA) is 72.8 Å². The molecule has 3 atom stereocenters. The Morgan fingerprint density at radius 1 is 1.07 bits per heavy atom. The molecule has 1 saturated heterocycles. The summed E-state index contributed by atoms with van der Waals surface area (Å²) < 4.78 is 93.8. The van der Waals surface area contributed by atoms with Crippen LogP contribution in [0.25, 0.3) is 0 Å². The fraction of sp³-hybridized carbons (Fsp3) is 0.400. The molecule has 0 bridgehead atoms. The number of hydrogen-bond acceptors (Lipinski definition) is 5. The normalized spacial score (nSPS) is 25.9. The second-order valence-corrected chi connectivity index (χ2v) is 9.53. The molecule has 2 heterocycles. The van der Waals surface area contributed by atoms with E-state index >= 15 is 4.39 Å². The lowest BCUT2D eigenvalue weighted by Gasteiger charge is -2.50. The van der Waals surface area contributed by atoms with Gasteiger partial charge in [-0.1, -0.05) is 0 Å². The second-order valence-electron chi connectivity index (χ2n) is 7.32. The van der Waals surface area contributed by atoms with Crippen molar-refractivity contribution < 1.29 is 40.6 Å². The maximum absolute atomic E-state index is 15.0. The quantitative estimate of drug-likeness (QED) is 0.731. The van der Waals surface area contributed by atoms with Crippen molar-refractivity contribution >= 4 is 9.84 Å². The van der Waals surface area contributed by atoms with Crippen molar-refractivity contribution in [2.45, 2.75) is 28.6 Å². The molecule has 0 amide bonds. The van der Waals surface area contributed by atoms with Crippen LogP contribution in [0.15, 0.2) is 35.2 Å². The van der Waals surface area contributed by atoms with Crippen LogP contribution < -0.4 is 4.74 Å². The highest BCUT2D eigenvalue weighted by Gasteiger charge is 2.61. The number of benzene rings is 2. The fourth-order valence-electron chi connectivity index (χ4n) is 4.53. The zero-order chi connectivity index (χ0) is 21.7. The summed E-state index contributed by atoms with van der Waals surface area (Å²) in [6.45, 7) is -0.826. The van der Waals surface area contributed by atoms with Gasteiger partial charge in [0.2, 0.25) is 0 Å². The van der Waals surface area contributed by atoms with Crippen molar-refractivity contribution in [3.8, 4) is 5.75 Å². The SMILES string of the molecule is O=S(=O)(c1cc(F)cc(F)c1)[C@@]12CCO[C@@H](CCO)C1COc1c(F)ccc(F)c12. The number of sulfone groups is 1. The first-order valence-electron chi connectivity index (χ1n) is 9.27. The predicted molar refractivity (Wildman–Crippen MR) is 96.6 cm³/mol. The molecular formula is C20H18F4O5S. The molecule has 2 aliphatic heterocycles. The van der Waals surface area contributed by atoms with Gasteiger partial charge >= 0.3 is 0 Å². The van der Waals surface area contributed by atoms with E-state index < -0.39 is 66.1 Å². The van der Waals surface area contributed by atoms with Crippen LogP contribution in [0, 0.1) is 29.2 Å². The van der Waals surface area contributed by atoms with E-state index in [-0.39, 0.29) is 32.7 Å². The molecule has 162 valence electrons. The second kappa shape index (κ2) is 7.51. The van der Waals surface area contributed by atoms with Gasteiger partial charge in [0, 0.05) is 25.2 Å². The molecule has 0 aromatic heterocycles. The first-order chi connectivity index (χ1) is 14.2. The highest BCUT2D eigenvalue weighted by atomic mass is 32.2. The van der Waals surface area contributed by atoms with Crippen molar-refractivity contribution in [2.24, 2.45) is 5.92 Å². The molecule has 5 nitrogen and oxygen atoms in total. The lowest BCUT2D eigenvalue weighted by atomic mass is 9.75. The summed E-state index contributed by atoms with van der Waals surface area (Å²) in [4.78, 5) is -0.689. The minimum absolute atomic E-state index is 0.0229. The van der Waals surface area contributed by atoms with E-state index in [1.807, 2.05) is 0 Å². The van der Waals surface area contributed by atoms with Crippen molar-refractivity contribution in [1.29, 1.82) is 0 Å². The first kappa shape index (κ1) is 21.1. The molecule has 2 aliphatic rings. The van der Waals surface area contributed by atoms with Crippen LogP contribution in [0.5, 0.6) is 5.75 Å². The number of ether oxygens (including phenoxy) is 2. The predicted octanol–water partition coefficient (Wildman–Crippen LogP) is 3.09. The third kappa shape index (κ3) is 3.00. The average molecular weight is 446 g/mol. The smallest absolute Gasteiger partial charge is 0.189 e. The standard InChI is InChI=1S/C20H18F4O5S/c21-11-7-12(22)9-13(8-11)30(26,27)20-4-6-28-17(3-5-25)14(20)10-29-19-16(24)2-1-15(23)18(19)20/h1-2,7-9,14,17,25H,3-6,10H2/t14?,17-,20-/m0/s1. The average Bonchev–Trinajstić information content (AvgIpc) is 2.69. The number of hydrogen-bond donors (Lipinski definition) is 1. The number of rotatable bonds is 4. The van der Waals surface area contributed by atoms with Crippen molar-refractivity contribution in [1.82, 2.24) is 0 Å². The Labute approximate surface area is 170 Å². The van der Waals surface area contributed by atoms with Gasteiger partial charge in [0.25, 0.3) is 0 Å². The van der Waals surface area contributed by atoms with E-state index in [2.05, 4.69) is 0 Å². The van der Waals surface area contributed by atoms with Crippen LogP contribution in [0.1, 0.15) is 18.4 Å². The van der Waals surface area contributed by atoms with Gasteiger partial charge in [-0.3, -0.25) is 0 Å². The van der Waals surface area contributed by atoms with E-state index in [0.29, 0.717) is 18.2 Å². The Morgan fingerprint density at radius 3 is 2.40 bits per heavy atom. The van der Waals surface area contributed by atoms with Crippen LogP contribution in [0.2, 0.25) is 0 Å². The fourth-order valence-corrected chi connectivity index (χ4v) is 6.92. The number of fused-ring (bicyclic) bond motifs is 3. The van der Waals surface area contributed by atoms with Crippen LogP contribution in [0.3, 0.4) is 0 Å². The molecule has 0 saturated carbocycles. The van der Waals surface area contributed by atoms with Gasteiger partial charge in [-0.2, -0.15) is 0 Å². The maximum atomic E-state index is 15.0. The van der Waals surface area contributed by atoms with E-state index in [4.69, 9.17) is 9.47 Å². The number of aliphatic hydroxyl groups is 1. The molecule has 2 aromatic rings. The molecule has 4 rings (SSSR count). The van der Waals surface area contributed by atoms with Crippen molar-refractivity contribution in [3.05, 3.63) is 59.2 Å². The Bertz CT molecular complexity index is 1070. The van der Waals surface area contributed by atoms with Gasteiger partial charge in [0.05, 0.1) is 23.2 Å². The lowest BCUT2D eigenvalue weighted by molar-refractivity contribution is -0.0806. The molecule has 0 aliphatic carbocycles. The van der Waals surface area contributed by atoms with Gasteiger partial charge in [0.15, 0.2) is 21.4 Å². The van der Waals surface area contributed by atoms with E-state index in [1.165, 1.54) is 0 Å². The van der Waals surface area contributed by atoms with Gasteiger partial charge in [-0.15, -0.1) is 0 Å². The molecule has 10 heteroatoms. The molecule has 2 aromatic carbocycles. The summed E-state index contributed by atoms with van der Waals surface area (Å²) in [6, 6.07) is 3.42. The highest BCUT2D eigenvalue weighted by Crippen LogP contribution is 2.55. The maximum Gasteiger partial charge on any atom is 0.189 e. The Balaban J connectivity index is 2.04. The summed E-state index contributed by atoms with van der Waals surface area (Å²) in [5.41, 5.74) is -0.519. The molecular weight excluding hydrogens is 428 g/mol. The summed E-state index contributed by atoms with van der Waals surface area (Å²) in [7, 11) is -4.66. The third-order valence-corrected chi connectivity index (χ3v) is 8.31. The van der Waals surface area contributed by atoms with Gasteiger partial charge < -0.3 is 14.6 Å². The minimum Gasteiger partial charge on any atom is -0.490 e. The summed E-state index contributed by atoms with van der Waals surface area (Å²) in [6.07, 6.45) is -1.11. The Hall–Kier alpha value is -2.17. The van der Waals surface area contributed by atoms with Crippen molar-refractivity contribution in [3.63, 3.8) is 0 Å². The molecule has 0 radical (unpaired) electrons. The summed E-state index contributed by atoms with van der Waals surface area (Å²) in [5, 5.41) is 9.38. The molecule has 1 N–H and O–H groups in total. The Morgan fingerprint density at radius 2 is 1.73 bits per heavy atom. The van der Waals surface area contributed by atoms with E-state index in [9.17, 15) is 26.7 Å². The zero-order valence-electron chi connectivity index (χ0n) is 15.6. The van der Waals surface area contributed by atoms with Crippen LogP contribution in [-0.4, -0.2) is 39.4 Å². The van der Waals surface area contributed by atoms with E-state index in [0.717, 1.165) is 12.1 Å². The molecule has 1 unspecified atom stereocenters. The monoisotopic (exact) mass is 446 g/mol. The van der Waals surface area contributed by atoms with Gasteiger partial charge in [-0.05, 0) is 37.1 Å². The van der Waals surface area contributed by atoms with Crippen LogP contribution in [-0.2, 0) is 19.3 Å². The molecule has 0 spiro atoms. The van der Waals surface area contributed by atoms with Crippen LogP contribution in [0.4, 0.5) is 17.6 Å². The number of halogens is 4. The lowest BCUT2D eigenvalue weighted by Crippen LogP contribution is -2.57. The zero-order valence-corrected chi connectivity index (χ0v) is 16.4. The number of aliphatic hydroxyl groups excluding tert-OH is 1. The largest absolute Gasteiger partial charge is 0.490 e. The van der Waals surface area contributed by atoms with Crippen LogP contribution >= 0.6 is 0 Å². The molecule has 1 fully saturated rings. The van der Waals surface area contributed by atoms with Gasteiger partial charge in [0.1, 0.15) is 22.2 Å². The van der Waals surface area contributed by atoms with E-state index in [1.54, 1.807) is 0 Å². The summed E-state index contributed by atoms with van der Waals surface area (Å²) in [5.74, 6) is -5.79. The first-order valence-corrected chi connectivity index (χ1v) is 10.7. The molecule has 30 heavy (non-hydrogen) atoms. The summed E-state index contributed by atoms with van der Waals surface area (Å²) >= 11 is 0. The highest BCUT2D eigenvalue weighted by molar-refractivity contribution is 7.92. The van der Waals surface area contributed by atoms with Gasteiger partial charge in [-0.25, -0.2) is 26.0 Å². The third-order valence-electron chi connectivity index (χ3n) is 5.78. The minimum atomic E-state index is -4.66.